The third kappa shape index (κ3) is 50.3. The van der Waals surface area contributed by atoms with E-state index >= 15 is 0 Å². The smallest absolute Gasteiger partial charge is 0.220 e. The minimum atomic E-state index is -1.57. The van der Waals surface area contributed by atoms with Crippen LogP contribution in [0.5, 0.6) is 0 Å². The van der Waals surface area contributed by atoms with E-state index in [-0.39, 0.29) is 12.5 Å². The highest BCUT2D eigenvalue weighted by molar-refractivity contribution is 5.76. The van der Waals surface area contributed by atoms with E-state index < -0.39 is 49.5 Å². The van der Waals surface area contributed by atoms with Crippen molar-refractivity contribution in [2.75, 3.05) is 13.2 Å². The molecule has 7 atom stereocenters. The topological polar surface area (TPSA) is 149 Å². The molecule has 9 heteroatoms. The van der Waals surface area contributed by atoms with Crippen LogP contribution in [0.1, 0.15) is 361 Å². The number of aliphatic hydroxyl groups is 5. The van der Waals surface area contributed by atoms with Crippen LogP contribution >= 0.6 is 0 Å². The average Bonchev–Trinajstić information content (AvgIpc) is 3.48. The van der Waals surface area contributed by atoms with Gasteiger partial charge in [0, 0.05) is 6.42 Å². The summed E-state index contributed by atoms with van der Waals surface area (Å²) in [5.74, 6) is -0.179. The second kappa shape index (κ2) is 61.5. The van der Waals surface area contributed by atoms with Gasteiger partial charge < -0.3 is 40.3 Å². The quantitative estimate of drug-likeness (QED) is 0.0261. The molecule has 9 nitrogen and oxygen atoms in total. The third-order valence-electron chi connectivity index (χ3n) is 17.2. The molecule has 1 aliphatic rings. The van der Waals surface area contributed by atoms with E-state index in [0.29, 0.717) is 6.42 Å². The van der Waals surface area contributed by atoms with Gasteiger partial charge in [0.05, 0.1) is 25.4 Å². The maximum absolute atomic E-state index is 13.1. The molecule has 81 heavy (non-hydrogen) atoms. The van der Waals surface area contributed by atoms with Crippen LogP contribution in [0.15, 0.2) is 36.5 Å². The first-order valence-electron chi connectivity index (χ1n) is 35.7. The Morgan fingerprint density at radius 1 is 0.407 bits per heavy atom. The highest BCUT2D eigenvalue weighted by Crippen LogP contribution is 2.23. The first-order chi connectivity index (χ1) is 39.8. The van der Waals surface area contributed by atoms with Gasteiger partial charge in [0.2, 0.25) is 5.91 Å². The molecule has 1 aliphatic heterocycles. The summed E-state index contributed by atoms with van der Waals surface area (Å²) >= 11 is 0. The second-order valence-corrected chi connectivity index (χ2v) is 25.0. The van der Waals surface area contributed by atoms with Gasteiger partial charge >= 0.3 is 0 Å². The van der Waals surface area contributed by atoms with Crippen molar-refractivity contribution in [2.45, 2.75) is 403 Å². The Morgan fingerprint density at radius 2 is 0.704 bits per heavy atom. The van der Waals surface area contributed by atoms with Crippen molar-refractivity contribution >= 4 is 5.91 Å². The van der Waals surface area contributed by atoms with Gasteiger partial charge in [-0.2, -0.15) is 0 Å². The van der Waals surface area contributed by atoms with Crippen LogP contribution in [0, 0.1) is 0 Å². The van der Waals surface area contributed by atoms with Gasteiger partial charge in [0.15, 0.2) is 6.29 Å². The minimum Gasteiger partial charge on any atom is -0.394 e. The van der Waals surface area contributed by atoms with E-state index in [2.05, 4.69) is 43.5 Å². The lowest BCUT2D eigenvalue weighted by molar-refractivity contribution is -0.302. The van der Waals surface area contributed by atoms with Crippen molar-refractivity contribution in [1.82, 2.24) is 5.32 Å². The summed E-state index contributed by atoms with van der Waals surface area (Å²) in [4.78, 5) is 13.1. The van der Waals surface area contributed by atoms with Crippen LogP contribution in [-0.4, -0.2) is 87.5 Å². The lowest BCUT2D eigenvalue weighted by Crippen LogP contribution is -2.60. The van der Waals surface area contributed by atoms with Crippen molar-refractivity contribution in [3.8, 4) is 0 Å². The fraction of sp³-hybridized carbons (Fsp3) is 0.903. The second-order valence-electron chi connectivity index (χ2n) is 25.0. The van der Waals surface area contributed by atoms with Crippen LogP contribution in [0.3, 0.4) is 0 Å². The summed E-state index contributed by atoms with van der Waals surface area (Å²) in [6, 6.07) is -0.821. The van der Waals surface area contributed by atoms with Gasteiger partial charge in [0.25, 0.3) is 0 Å². The van der Waals surface area contributed by atoms with E-state index in [1.165, 1.54) is 302 Å². The Kier molecular flexibility index (Phi) is 58.8. The van der Waals surface area contributed by atoms with E-state index in [9.17, 15) is 30.3 Å². The first-order valence-corrected chi connectivity index (χ1v) is 35.7. The molecule has 6 N–H and O–H groups in total. The molecule has 0 aliphatic carbocycles. The molecular weight excluding hydrogens is 1010 g/mol. The molecule has 0 saturated carbocycles. The summed E-state index contributed by atoms with van der Waals surface area (Å²) < 4.78 is 11.3. The van der Waals surface area contributed by atoms with Crippen LogP contribution in [0.2, 0.25) is 0 Å². The maximum Gasteiger partial charge on any atom is 0.220 e. The number of allylic oxidation sites excluding steroid dienone is 5. The molecule has 0 aromatic carbocycles. The summed E-state index contributed by atoms with van der Waals surface area (Å²) in [6.07, 6.45) is 75.5. The molecule has 0 aromatic rings. The number of carbonyl (C=O) groups is 1. The Hall–Kier alpha value is -1.59. The van der Waals surface area contributed by atoms with Crippen LogP contribution < -0.4 is 5.32 Å². The Balaban J connectivity index is 2.10. The average molecular weight is 1140 g/mol. The van der Waals surface area contributed by atoms with Crippen LogP contribution in [0.4, 0.5) is 0 Å². The van der Waals surface area contributed by atoms with Crippen molar-refractivity contribution in [1.29, 1.82) is 0 Å². The molecule has 0 bridgehead atoms. The van der Waals surface area contributed by atoms with Gasteiger partial charge in [-0.3, -0.25) is 4.79 Å². The number of aliphatic hydroxyl groups excluding tert-OH is 5. The van der Waals surface area contributed by atoms with Gasteiger partial charge in [-0.1, -0.05) is 333 Å². The Bertz CT molecular complexity index is 1370. The molecule has 1 amide bonds. The zero-order valence-electron chi connectivity index (χ0n) is 53.6. The molecule has 478 valence electrons. The summed E-state index contributed by atoms with van der Waals surface area (Å²) in [5, 5.41) is 54.7. The summed E-state index contributed by atoms with van der Waals surface area (Å²) in [5.41, 5.74) is 0. The molecule has 1 fully saturated rings. The Morgan fingerprint density at radius 3 is 1.04 bits per heavy atom. The van der Waals surface area contributed by atoms with E-state index in [1.807, 2.05) is 6.08 Å². The van der Waals surface area contributed by atoms with E-state index in [1.54, 1.807) is 6.08 Å². The summed E-state index contributed by atoms with van der Waals surface area (Å²) in [7, 11) is 0. The number of nitrogens with one attached hydrogen (secondary N) is 1. The highest BCUT2D eigenvalue weighted by atomic mass is 16.7. The van der Waals surface area contributed by atoms with Crippen molar-refractivity contribution in [3.05, 3.63) is 36.5 Å². The standard InChI is InChI=1S/C72H137NO8/c1-3-5-7-9-11-13-15-17-19-21-23-25-27-28-29-30-31-32-33-34-35-36-37-38-40-42-44-46-48-50-52-54-56-58-60-62-68(76)73-65(64-80-72-71(79)70(78)69(77)67(63-74)81-72)66(75)61-59-57-55-53-51-49-47-45-43-41-39-26-24-22-20-18-16-14-12-10-8-6-4-2/h21,23,51,53,59,61,65-67,69-72,74-75,77-79H,3-20,22,24-50,52,54-58,60,62-64H2,1-2H3,(H,73,76)/b23-21-,53-51+,61-59+. The molecule has 0 radical (unpaired) electrons. The molecule has 1 rings (SSSR count). The van der Waals surface area contributed by atoms with Gasteiger partial charge in [-0.05, 0) is 57.8 Å². The lowest BCUT2D eigenvalue weighted by Gasteiger charge is -2.40. The molecule has 7 unspecified atom stereocenters. The Labute approximate surface area is 501 Å². The van der Waals surface area contributed by atoms with Gasteiger partial charge in [-0.25, -0.2) is 0 Å². The number of hydrogen-bond donors (Lipinski definition) is 6. The van der Waals surface area contributed by atoms with Crippen LogP contribution in [-0.2, 0) is 14.3 Å². The zero-order chi connectivity index (χ0) is 58.6. The number of carbonyl (C=O) groups excluding carboxylic acids is 1. The number of hydrogen-bond acceptors (Lipinski definition) is 8. The number of amides is 1. The van der Waals surface area contributed by atoms with E-state index in [0.717, 1.165) is 38.5 Å². The van der Waals surface area contributed by atoms with Gasteiger partial charge in [0.1, 0.15) is 24.4 Å². The monoisotopic (exact) mass is 1140 g/mol. The number of ether oxygens (including phenoxy) is 2. The largest absolute Gasteiger partial charge is 0.394 e. The fourth-order valence-corrected chi connectivity index (χ4v) is 11.6. The number of unbranched alkanes of at least 4 members (excludes halogenated alkanes) is 49. The van der Waals surface area contributed by atoms with Crippen molar-refractivity contribution in [3.63, 3.8) is 0 Å². The molecule has 1 saturated heterocycles. The van der Waals surface area contributed by atoms with Crippen molar-refractivity contribution in [2.24, 2.45) is 0 Å². The normalized spacial score (nSPS) is 18.5. The lowest BCUT2D eigenvalue weighted by atomic mass is 9.99. The zero-order valence-corrected chi connectivity index (χ0v) is 53.6. The van der Waals surface area contributed by atoms with Gasteiger partial charge in [-0.15, -0.1) is 0 Å². The molecule has 0 spiro atoms. The fourth-order valence-electron chi connectivity index (χ4n) is 11.6. The molecular formula is C72H137NO8. The predicted octanol–water partition coefficient (Wildman–Crippen LogP) is 19.4. The number of rotatable bonds is 63. The SMILES string of the molecule is CCCCCCCCCC/C=C\CCCCCCCCCCCCCCCCCCCCCCCCCC(=O)NC(COC1OC(CO)C(O)C(O)C1O)C(O)/C=C/CC/C=C/CCCCCCCCCCCCCCCCCCC. The minimum absolute atomic E-state index is 0.179. The maximum atomic E-state index is 13.1. The van der Waals surface area contributed by atoms with Crippen molar-refractivity contribution < 1.29 is 39.8 Å². The van der Waals surface area contributed by atoms with Crippen LogP contribution in [0.25, 0.3) is 0 Å². The predicted molar refractivity (Wildman–Crippen MR) is 346 cm³/mol. The highest BCUT2D eigenvalue weighted by Gasteiger charge is 2.44. The molecule has 0 aromatic heterocycles. The first kappa shape index (κ1) is 77.4. The molecule has 1 heterocycles. The third-order valence-corrected chi connectivity index (χ3v) is 17.2. The summed E-state index contributed by atoms with van der Waals surface area (Å²) in [6.45, 7) is 3.82. The van der Waals surface area contributed by atoms with E-state index in [4.69, 9.17) is 9.47 Å².